The van der Waals surface area contributed by atoms with Crippen LogP contribution >= 0.6 is 11.6 Å². The van der Waals surface area contributed by atoms with E-state index in [1.807, 2.05) is 13.0 Å². The highest BCUT2D eigenvalue weighted by Gasteiger charge is 2.87. The number of nitrogens with zero attached hydrogens (tertiary/aromatic N) is 1. The van der Waals surface area contributed by atoms with Crippen molar-refractivity contribution in [2.24, 2.45) is 11.3 Å². The van der Waals surface area contributed by atoms with Crippen molar-refractivity contribution >= 4 is 22.5 Å². The number of aliphatic hydroxyl groups is 1. The molecule has 2 heterocycles. The van der Waals surface area contributed by atoms with E-state index in [9.17, 15) is 5.11 Å². The average Bonchev–Trinajstić information content (AvgIpc) is 3.43. The second-order valence-corrected chi connectivity index (χ2v) is 11.9. The van der Waals surface area contributed by atoms with E-state index in [-0.39, 0.29) is 28.2 Å². The van der Waals surface area contributed by atoms with Crippen molar-refractivity contribution in [3.8, 4) is 0 Å². The predicted molar refractivity (Wildman–Crippen MR) is 122 cm³/mol. The molecule has 2 fully saturated rings. The van der Waals surface area contributed by atoms with Crippen LogP contribution < -0.4 is 0 Å². The molecule has 1 saturated heterocycles. The number of hydrogen-bond donors (Lipinski definition) is 2. The van der Waals surface area contributed by atoms with Gasteiger partial charge in [0.15, 0.2) is 11.7 Å². The summed E-state index contributed by atoms with van der Waals surface area (Å²) in [5.41, 5.74) is -0.110. The Balaban J connectivity index is 1.88. The minimum atomic E-state index is -1.41. The molecule has 2 N–H and O–H groups in total. The number of alkyl halides is 1. The molecule has 6 rings (SSSR count). The molecule has 0 spiro atoms. The number of aromatic amines is 1. The first-order chi connectivity index (χ1) is 14.4. The Kier molecular flexibility index (Phi) is 3.35. The molecule has 5 heteroatoms. The summed E-state index contributed by atoms with van der Waals surface area (Å²) in [5, 5.41) is 13.8. The van der Waals surface area contributed by atoms with Crippen LogP contribution in [0.3, 0.4) is 0 Å². The standard InChI is InChI=1S/C26H29ClN2O2/c1-8-24(6)16(27)12-15-22(2,3)13-10-9-11-14-17(13)18-19(29-14)23(4,5)20-21(31-20)26(24,28-7)25(15,18)30/h8-11,15-16,20-21,29-30H,1,12H2,2-6H3/t15-,16-,20+,21+,24-,25-,26+/m0/s1. The van der Waals surface area contributed by atoms with Crippen LogP contribution in [-0.2, 0) is 21.2 Å². The van der Waals surface area contributed by atoms with Gasteiger partial charge in [0.2, 0.25) is 0 Å². The number of hydrogen-bond acceptors (Lipinski definition) is 2. The topological polar surface area (TPSA) is 52.9 Å². The van der Waals surface area contributed by atoms with Gasteiger partial charge in [-0.3, -0.25) is 0 Å². The molecule has 4 aliphatic rings. The van der Waals surface area contributed by atoms with E-state index in [4.69, 9.17) is 22.9 Å². The molecular formula is C26H29ClN2O2. The van der Waals surface area contributed by atoms with E-state index in [1.165, 1.54) is 5.56 Å². The third-order valence-corrected chi connectivity index (χ3v) is 10.3. The third-order valence-electron chi connectivity index (χ3n) is 9.63. The monoisotopic (exact) mass is 436 g/mol. The summed E-state index contributed by atoms with van der Waals surface area (Å²) in [5.74, 6) is -0.226. The molecule has 0 radical (unpaired) electrons. The molecular weight excluding hydrogens is 408 g/mol. The van der Waals surface area contributed by atoms with Crippen molar-refractivity contribution in [2.75, 3.05) is 0 Å². The van der Waals surface area contributed by atoms with Crippen molar-refractivity contribution in [3.63, 3.8) is 0 Å². The Hall–Kier alpha value is -1.80. The Morgan fingerprint density at radius 1 is 1.23 bits per heavy atom. The first-order valence-corrected chi connectivity index (χ1v) is 11.6. The van der Waals surface area contributed by atoms with E-state index in [2.05, 4.69) is 62.3 Å². The number of benzene rings is 1. The van der Waals surface area contributed by atoms with E-state index < -0.39 is 22.7 Å². The summed E-state index contributed by atoms with van der Waals surface area (Å²) in [6.45, 7) is 23.4. The minimum Gasteiger partial charge on any atom is -0.377 e. The van der Waals surface area contributed by atoms with Crippen LogP contribution in [0.15, 0.2) is 30.9 Å². The second-order valence-electron chi connectivity index (χ2n) is 11.4. The van der Waals surface area contributed by atoms with E-state index in [1.54, 1.807) is 0 Å². The van der Waals surface area contributed by atoms with E-state index in [0.29, 0.717) is 6.42 Å². The molecule has 162 valence electrons. The number of epoxide rings is 1. The molecule has 0 unspecified atom stereocenters. The molecule has 1 aromatic heterocycles. The largest absolute Gasteiger partial charge is 0.377 e. The van der Waals surface area contributed by atoms with Crippen molar-refractivity contribution in [3.05, 3.63) is 59.1 Å². The summed E-state index contributed by atoms with van der Waals surface area (Å²) >= 11 is 7.12. The smallest absolute Gasteiger partial charge is 0.303 e. The van der Waals surface area contributed by atoms with Gasteiger partial charge < -0.3 is 19.7 Å². The molecule has 4 nitrogen and oxygen atoms in total. The molecule has 1 aliphatic heterocycles. The summed E-state index contributed by atoms with van der Waals surface area (Å²) in [4.78, 5) is 7.99. The maximum Gasteiger partial charge on any atom is 0.303 e. The van der Waals surface area contributed by atoms with Crippen LogP contribution in [0.25, 0.3) is 15.7 Å². The van der Waals surface area contributed by atoms with Gasteiger partial charge in [-0.15, -0.1) is 18.2 Å². The highest BCUT2D eigenvalue weighted by Crippen LogP contribution is 2.73. The normalized spacial score (nSPS) is 45.4. The van der Waals surface area contributed by atoms with Crippen molar-refractivity contribution in [1.29, 1.82) is 0 Å². The maximum atomic E-state index is 13.1. The fourth-order valence-electron chi connectivity index (χ4n) is 7.75. The highest BCUT2D eigenvalue weighted by molar-refractivity contribution is 6.21. The minimum absolute atomic E-state index is 0.172. The van der Waals surface area contributed by atoms with Gasteiger partial charge in [-0.25, -0.2) is 6.57 Å². The third kappa shape index (κ3) is 1.72. The maximum absolute atomic E-state index is 13.1. The van der Waals surface area contributed by atoms with Gasteiger partial charge in [-0.2, -0.15) is 0 Å². The van der Waals surface area contributed by atoms with Gasteiger partial charge in [0, 0.05) is 33.5 Å². The molecule has 2 aromatic rings. The molecule has 31 heavy (non-hydrogen) atoms. The highest BCUT2D eigenvalue weighted by atomic mass is 35.5. The summed E-state index contributed by atoms with van der Waals surface area (Å²) in [6, 6.07) is 6.34. The number of nitrogens with one attached hydrogen (secondary N) is 1. The van der Waals surface area contributed by atoms with Crippen LogP contribution in [0.1, 0.15) is 57.9 Å². The molecule has 7 atom stereocenters. The number of ether oxygens (including phenoxy) is 1. The van der Waals surface area contributed by atoms with Crippen molar-refractivity contribution in [2.45, 2.75) is 80.6 Å². The van der Waals surface area contributed by atoms with E-state index in [0.717, 1.165) is 22.2 Å². The quantitative estimate of drug-likeness (QED) is 0.280. The van der Waals surface area contributed by atoms with Crippen LogP contribution in [-0.4, -0.2) is 33.2 Å². The van der Waals surface area contributed by atoms with Gasteiger partial charge >= 0.3 is 5.54 Å². The van der Waals surface area contributed by atoms with Gasteiger partial charge in [0.25, 0.3) is 0 Å². The van der Waals surface area contributed by atoms with Gasteiger partial charge in [-0.05, 0) is 30.4 Å². The first-order valence-electron chi connectivity index (χ1n) is 11.1. The van der Waals surface area contributed by atoms with Crippen molar-refractivity contribution in [1.82, 2.24) is 4.98 Å². The van der Waals surface area contributed by atoms with Crippen LogP contribution in [0.4, 0.5) is 0 Å². The number of rotatable bonds is 1. The van der Waals surface area contributed by atoms with Crippen molar-refractivity contribution < 1.29 is 9.84 Å². The summed E-state index contributed by atoms with van der Waals surface area (Å²) in [6.07, 6.45) is 1.83. The molecule has 1 saturated carbocycles. The lowest BCUT2D eigenvalue weighted by Crippen LogP contribution is -2.73. The summed E-state index contributed by atoms with van der Waals surface area (Å²) < 4.78 is 6.34. The second kappa shape index (κ2) is 5.22. The van der Waals surface area contributed by atoms with E-state index >= 15 is 0 Å². The number of fused-ring (bicyclic) bond motifs is 2. The Labute approximate surface area is 188 Å². The molecule has 0 bridgehead atoms. The number of H-pyrrole nitrogens is 1. The molecule has 1 aromatic carbocycles. The van der Waals surface area contributed by atoms with Gasteiger partial charge in [-0.1, -0.05) is 45.9 Å². The Morgan fingerprint density at radius 2 is 1.94 bits per heavy atom. The van der Waals surface area contributed by atoms with Gasteiger partial charge in [0.1, 0.15) is 6.10 Å². The fraction of sp³-hybridized carbons (Fsp3) is 0.577. The Bertz CT molecular complexity index is 1220. The SMILES string of the molecule is [C-]#[N+][C@@]12[C@@H]3O[C@H]3C(C)(C)c3[nH]c4cccc5c4c3[C@@]1(O)[C@@H](C[C@H](Cl)[C@]2(C)C=C)C5(C)C. The lowest BCUT2D eigenvalue weighted by Gasteiger charge is -2.61. The fourth-order valence-corrected chi connectivity index (χ4v) is 8.19. The number of halogens is 1. The lowest BCUT2D eigenvalue weighted by atomic mass is 9.43. The van der Waals surface area contributed by atoms with Crippen LogP contribution in [0.2, 0.25) is 0 Å². The zero-order valence-electron chi connectivity index (χ0n) is 18.7. The molecule has 3 aliphatic carbocycles. The molecule has 0 amide bonds. The average molecular weight is 437 g/mol. The lowest BCUT2D eigenvalue weighted by molar-refractivity contribution is -0.166. The van der Waals surface area contributed by atoms with Crippen LogP contribution in [0, 0.1) is 17.9 Å². The summed E-state index contributed by atoms with van der Waals surface area (Å²) in [7, 11) is 0. The zero-order valence-corrected chi connectivity index (χ0v) is 19.5. The van der Waals surface area contributed by atoms with Crippen LogP contribution in [0.5, 0.6) is 0 Å². The number of aromatic nitrogens is 1. The van der Waals surface area contributed by atoms with Gasteiger partial charge in [0.05, 0.1) is 10.8 Å². The first kappa shape index (κ1) is 19.9. The zero-order chi connectivity index (χ0) is 22.4. The Morgan fingerprint density at radius 3 is 2.58 bits per heavy atom. The predicted octanol–water partition coefficient (Wildman–Crippen LogP) is 5.18.